The number of allylic oxidation sites excluding steroid dienone is 1. The summed E-state index contributed by atoms with van der Waals surface area (Å²) < 4.78 is 16.1. The Morgan fingerprint density at radius 1 is 1.00 bits per heavy atom. The van der Waals surface area contributed by atoms with Crippen molar-refractivity contribution in [3.8, 4) is 17.2 Å². The number of ether oxygens (including phenoxy) is 3. The van der Waals surface area contributed by atoms with Crippen LogP contribution in [0.25, 0.3) is 6.08 Å². The van der Waals surface area contributed by atoms with Crippen LogP contribution in [0.15, 0.2) is 72.5 Å². The van der Waals surface area contributed by atoms with Crippen LogP contribution in [0.3, 0.4) is 0 Å². The highest BCUT2D eigenvalue weighted by atomic mass is 16.6. The lowest BCUT2D eigenvalue weighted by atomic mass is 10.1. The van der Waals surface area contributed by atoms with Crippen molar-refractivity contribution in [1.29, 1.82) is 0 Å². The number of nitrogens with zero attached hydrogens (tertiary/aromatic N) is 1. The Balaban J connectivity index is 1.50. The molecule has 31 heavy (non-hydrogen) atoms. The quantitative estimate of drug-likeness (QED) is 0.199. The van der Waals surface area contributed by atoms with Crippen LogP contribution < -0.4 is 14.2 Å². The van der Waals surface area contributed by atoms with E-state index in [1.807, 2.05) is 0 Å². The summed E-state index contributed by atoms with van der Waals surface area (Å²) in [5, 5.41) is 10.7. The van der Waals surface area contributed by atoms with Gasteiger partial charge in [0, 0.05) is 18.2 Å². The molecular weight excluding hydrogens is 402 g/mol. The van der Waals surface area contributed by atoms with Crippen molar-refractivity contribution in [1.82, 2.24) is 0 Å². The SMILES string of the molecule is COc1ccc(C=C2Oc3cc(OC(=O)c4ccc([N+](=O)[O-])cc4)ccc3C2=O)cc1. The number of ketones is 1. The Morgan fingerprint density at radius 2 is 1.68 bits per heavy atom. The first-order chi connectivity index (χ1) is 14.9. The van der Waals surface area contributed by atoms with Gasteiger partial charge in [0.25, 0.3) is 5.69 Å². The highest BCUT2D eigenvalue weighted by Gasteiger charge is 2.28. The van der Waals surface area contributed by atoms with E-state index < -0.39 is 10.9 Å². The maximum atomic E-state index is 12.6. The number of carbonyl (C=O) groups is 2. The standard InChI is InChI=1S/C23H15NO7/c1-29-17-8-2-14(3-9-17)12-21-22(25)19-11-10-18(13-20(19)31-21)30-23(26)15-4-6-16(7-5-15)24(27)28/h2-13H,1H3. The predicted molar refractivity (Wildman–Crippen MR) is 110 cm³/mol. The van der Waals surface area contributed by atoms with Gasteiger partial charge in [0.2, 0.25) is 5.78 Å². The van der Waals surface area contributed by atoms with Gasteiger partial charge in [-0.1, -0.05) is 12.1 Å². The molecule has 8 nitrogen and oxygen atoms in total. The number of hydrogen-bond donors (Lipinski definition) is 0. The van der Waals surface area contributed by atoms with Crippen LogP contribution in [0.1, 0.15) is 26.3 Å². The number of benzene rings is 3. The second-order valence-electron chi connectivity index (χ2n) is 6.56. The minimum Gasteiger partial charge on any atom is -0.497 e. The monoisotopic (exact) mass is 417 g/mol. The van der Waals surface area contributed by atoms with E-state index in [2.05, 4.69) is 0 Å². The molecular formula is C23H15NO7. The second kappa shape index (κ2) is 8.11. The molecule has 0 bridgehead atoms. The van der Waals surface area contributed by atoms with Crippen molar-refractivity contribution >= 4 is 23.5 Å². The number of fused-ring (bicyclic) bond motifs is 1. The van der Waals surface area contributed by atoms with E-state index in [0.717, 1.165) is 5.56 Å². The summed E-state index contributed by atoms with van der Waals surface area (Å²) in [5.41, 5.74) is 1.15. The van der Waals surface area contributed by atoms with Gasteiger partial charge in [0.1, 0.15) is 17.2 Å². The molecule has 0 N–H and O–H groups in total. The van der Waals surface area contributed by atoms with Gasteiger partial charge in [-0.3, -0.25) is 14.9 Å². The number of esters is 1. The molecule has 0 aromatic heterocycles. The summed E-state index contributed by atoms with van der Waals surface area (Å²) in [6.45, 7) is 0. The molecule has 154 valence electrons. The summed E-state index contributed by atoms with van der Waals surface area (Å²) >= 11 is 0. The van der Waals surface area contributed by atoms with E-state index in [4.69, 9.17) is 14.2 Å². The largest absolute Gasteiger partial charge is 0.497 e. The Hall–Kier alpha value is -4.46. The topological polar surface area (TPSA) is 105 Å². The van der Waals surface area contributed by atoms with Crippen molar-refractivity contribution in [2.24, 2.45) is 0 Å². The highest BCUT2D eigenvalue weighted by molar-refractivity contribution is 6.14. The molecule has 3 aromatic carbocycles. The minimum atomic E-state index is -0.687. The molecule has 0 atom stereocenters. The molecule has 1 aliphatic rings. The van der Waals surface area contributed by atoms with Crippen molar-refractivity contribution in [2.45, 2.75) is 0 Å². The third-order valence-corrected chi connectivity index (χ3v) is 4.58. The molecule has 0 saturated carbocycles. The number of Topliss-reactive ketones (excluding diaryl/α,β-unsaturated/α-hetero) is 1. The van der Waals surface area contributed by atoms with Gasteiger partial charge >= 0.3 is 5.97 Å². The summed E-state index contributed by atoms with van der Waals surface area (Å²) in [6.07, 6.45) is 1.62. The molecule has 0 radical (unpaired) electrons. The average Bonchev–Trinajstić information content (AvgIpc) is 3.08. The molecule has 1 heterocycles. The zero-order valence-corrected chi connectivity index (χ0v) is 16.2. The first-order valence-corrected chi connectivity index (χ1v) is 9.13. The predicted octanol–water partition coefficient (Wildman–Crippen LogP) is 4.44. The van der Waals surface area contributed by atoms with Crippen LogP contribution >= 0.6 is 0 Å². The lowest BCUT2D eigenvalue weighted by Gasteiger charge is -2.05. The summed E-state index contributed by atoms with van der Waals surface area (Å²) in [4.78, 5) is 35.0. The number of carbonyl (C=O) groups excluding carboxylic acids is 2. The van der Waals surface area contributed by atoms with Crippen LogP contribution in [0.4, 0.5) is 5.69 Å². The first-order valence-electron chi connectivity index (χ1n) is 9.13. The van der Waals surface area contributed by atoms with E-state index in [1.165, 1.54) is 42.5 Å². The Morgan fingerprint density at radius 3 is 2.32 bits per heavy atom. The van der Waals surface area contributed by atoms with Gasteiger partial charge in [0.05, 0.1) is 23.2 Å². The summed E-state index contributed by atoms with van der Waals surface area (Å²) in [6, 6.07) is 16.6. The van der Waals surface area contributed by atoms with E-state index in [9.17, 15) is 19.7 Å². The van der Waals surface area contributed by atoms with Crippen molar-refractivity contribution < 1.29 is 28.7 Å². The van der Waals surface area contributed by atoms with E-state index in [1.54, 1.807) is 37.5 Å². The minimum absolute atomic E-state index is 0.128. The Kier molecular flexibility index (Phi) is 5.19. The van der Waals surface area contributed by atoms with Gasteiger partial charge in [-0.2, -0.15) is 0 Å². The number of methoxy groups -OCH3 is 1. The van der Waals surface area contributed by atoms with E-state index in [-0.39, 0.29) is 34.3 Å². The normalized spacial score (nSPS) is 13.5. The fourth-order valence-corrected chi connectivity index (χ4v) is 2.97. The highest BCUT2D eigenvalue weighted by Crippen LogP contribution is 2.35. The molecule has 1 aliphatic heterocycles. The van der Waals surface area contributed by atoms with Gasteiger partial charge < -0.3 is 14.2 Å². The second-order valence-corrected chi connectivity index (χ2v) is 6.56. The van der Waals surface area contributed by atoms with Gasteiger partial charge in [-0.25, -0.2) is 4.79 Å². The molecule has 0 fully saturated rings. The first kappa shape index (κ1) is 19.8. The van der Waals surface area contributed by atoms with Crippen LogP contribution in [-0.4, -0.2) is 23.8 Å². The van der Waals surface area contributed by atoms with Gasteiger partial charge in [0.15, 0.2) is 5.76 Å². The number of nitro benzene ring substituents is 1. The molecule has 0 aliphatic carbocycles. The van der Waals surface area contributed by atoms with Crippen LogP contribution in [0, 0.1) is 10.1 Å². The lowest BCUT2D eigenvalue weighted by molar-refractivity contribution is -0.384. The third-order valence-electron chi connectivity index (χ3n) is 4.58. The van der Waals surface area contributed by atoms with Crippen LogP contribution in [0.2, 0.25) is 0 Å². The molecule has 0 unspecified atom stereocenters. The maximum Gasteiger partial charge on any atom is 0.343 e. The molecule has 3 aromatic rings. The smallest absolute Gasteiger partial charge is 0.343 e. The number of nitro groups is 1. The Bertz CT molecular complexity index is 1210. The fourth-order valence-electron chi connectivity index (χ4n) is 2.97. The maximum absolute atomic E-state index is 12.6. The third kappa shape index (κ3) is 4.13. The van der Waals surface area contributed by atoms with Crippen LogP contribution in [-0.2, 0) is 0 Å². The molecule has 0 saturated heterocycles. The van der Waals surface area contributed by atoms with Crippen molar-refractivity contribution in [2.75, 3.05) is 7.11 Å². The van der Waals surface area contributed by atoms with E-state index >= 15 is 0 Å². The number of rotatable bonds is 5. The number of non-ortho nitro benzene ring substituents is 1. The van der Waals surface area contributed by atoms with Crippen LogP contribution in [0.5, 0.6) is 17.2 Å². The summed E-state index contributed by atoms with van der Waals surface area (Å²) in [5.74, 6) is 0.342. The van der Waals surface area contributed by atoms with Gasteiger partial charge in [-0.15, -0.1) is 0 Å². The molecule has 8 heteroatoms. The Labute approximate surface area is 176 Å². The lowest BCUT2D eigenvalue weighted by Crippen LogP contribution is -2.08. The van der Waals surface area contributed by atoms with Crippen molar-refractivity contribution in [3.05, 3.63) is 99.3 Å². The van der Waals surface area contributed by atoms with Gasteiger partial charge in [-0.05, 0) is 48.0 Å². The average molecular weight is 417 g/mol. The number of hydrogen-bond acceptors (Lipinski definition) is 7. The zero-order valence-electron chi connectivity index (χ0n) is 16.2. The molecule has 0 spiro atoms. The summed E-state index contributed by atoms with van der Waals surface area (Å²) in [7, 11) is 1.57. The van der Waals surface area contributed by atoms with Crippen molar-refractivity contribution in [3.63, 3.8) is 0 Å². The fraction of sp³-hybridized carbons (Fsp3) is 0.0435. The molecule has 0 amide bonds. The zero-order chi connectivity index (χ0) is 22.0. The van der Waals surface area contributed by atoms with E-state index in [0.29, 0.717) is 11.3 Å². The molecule has 4 rings (SSSR count).